The molecule has 0 bridgehead atoms. The molecule has 2 amide bonds. The Labute approximate surface area is 146 Å². The smallest absolute Gasteiger partial charge is 0.321 e. The van der Waals surface area contributed by atoms with Crippen LogP contribution in [0, 0.1) is 6.92 Å². The lowest BCUT2D eigenvalue weighted by atomic mass is 10.2. The molecular formula is C16H21N5O3S. The lowest BCUT2D eigenvalue weighted by molar-refractivity contribution is 0.214. The zero-order valence-electron chi connectivity index (χ0n) is 14.0. The largest absolute Gasteiger partial charge is 0.335 e. The number of amides is 2. The fraction of sp³-hybridized carbons (Fsp3) is 0.375. The fourth-order valence-corrected chi connectivity index (χ4v) is 4.13. The molecule has 2 N–H and O–H groups in total. The van der Waals surface area contributed by atoms with E-state index in [9.17, 15) is 13.2 Å². The van der Waals surface area contributed by atoms with Gasteiger partial charge in [0.05, 0.1) is 12.5 Å². The summed E-state index contributed by atoms with van der Waals surface area (Å²) in [4.78, 5) is 20.5. The number of imidazole rings is 1. The number of rotatable bonds is 3. The average Bonchev–Trinajstić information content (AvgIpc) is 3.02. The summed E-state index contributed by atoms with van der Waals surface area (Å²) < 4.78 is 26.5. The second-order valence-corrected chi connectivity index (χ2v) is 7.81. The van der Waals surface area contributed by atoms with Crippen molar-refractivity contribution in [2.24, 2.45) is 0 Å². The van der Waals surface area contributed by atoms with E-state index in [-0.39, 0.29) is 17.6 Å². The highest BCUT2D eigenvalue weighted by Gasteiger charge is 2.29. The molecule has 0 aliphatic carbocycles. The van der Waals surface area contributed by atoms with Gasteiger partial charge in [0.2, 0.25) is 0 Å². The molecule has 134 valence electrons. The molecule has 3 rings (SSSR count). The van der Waals surface area contributed by atoms with E-state index in [0.29, 0.717) is 26.1 Å². The number of hydrogen-bond acceptors (Lipinski definition) is 4. The van der Waals surface area contributed by atoms with E-state index < -0.39 is 10.0 Å². The number of carbonyl (C=O) groups excluding carboxylic acids is 1. The lowest BCUT2D eigenvalue weighted by Gasteiger charge is -2.22. The van der Waals surface area contributed by atoms with E-state index in [1.54, 1.807) is 4.90 Å². The zero-order valence-corrected chi connectivity index (χ0v) is 14.8. The number of urea groups is 1. The van der Waals surface area contributed by atoms with Gasteiger partial charge in [0.15, 0.2) is 5.03 Å². The maximum Gasteiger partial charge on any atom is 0.321 e. The van der Waals surface area contributed by atoms with Crippen LogP contribution in [0.3, 0.4) is 0 Å². The Morgan fingerprint density at radius 3 is 2.72 bits per heavy atom. The van der Waals surface area contributed by atoms with Crippen LogP contribution in [0.15, 0.2) is 41.8 Å². The van der Waals surface area contributed by atoms with Crippen molar-refractivity contribution in [3.05, 3.63) is 42.4 Å². The molecular weight excluding hydrogens is 342 g/mol. The number of aryl methyl sites for hydroxylation is 1. The molecule has 0 atom stereocenters. The molecule has 8 nitrogen and oxygen atoms in total. The van der Waals surface area contributed by atoms with Crippen LogP contribution in [0.2, 0.25) is 0 Å². The Balaban J connectivity index is 1.65. The van der Waals surface area contributed by atoms with Crippen molar-refractivity contribution < 1.29 is 13.2 Å². The molecule has 1 aliphatic heterocycles. The number of hydrogen-bond donors (Lipinski definition) is 2. The Morgan fingerprint density at radius 1 is 1.20 bits per heavy atom. The molecule has 0 spiro atoms. The van der Waals surface area contributed by atoms with Gasteiger partial charge in [0, 0.05) is 31.9 Å². The van der Waals surface area contributed by atoms with Crippen molar-refractivity contribution in [3.63, 3.8) is 0 Å². The standard InChI is InChI=1S/C16H21N5O3S/c1-13-5-2-3-6-14(13)19-16(22)20-7-4-8-21(10-9-20)25(23,24)15-11-17-12-18-15/h2-3,5-6,11-12H,4,7-10H2,1H3,(H,17,18)(H,19,22). The monoisotopic (exact) mass is 363 g/mol. The predicted octanol–water partition coefficient (Wildman–Crippen LogP) is 1.65. The molecule has 0 unspecified atom stereocenters. The molecule has 0 radical (unpaired) electrons. The third-order valence-corrected chi connectivity index (χ3v) is 6.04. The summed E-state index contributed by atoms with van der Waals surface area (Å²) in [5.41, 5.74) is 1.74. The van der Waals surface area contributed by atoms with Crippen LogP contribution < -0.4 is 5.32 Å². The molecule has 1 aliphatic rings. The highest BCUT2D eigenvalue weighted by molar-refractivity contribution is 7.89. The number of sulfonamides is 1. The number of H-pyrrole nitrogens is 1. The number of anilines is 1. The van der Waals surface area contributed by atoms with Crippen LogP contribution in [-0.2, 0) is 10.0 Å². The number of benzene rings is 1. The maximum atomic E-state index is 12.5. The van der Waals surface area contributed by atoms with Crippen LogP contribution in [0.5, 0.6) is 0 Å². The van der Waals surface area contributed by atoms with Crippen LogP contribution >= 0.6 is 0 Å². The molecule has 2 heterocycles. The van der Waals surface area contributed by atoms with Crippen LogP contribution in [0.1, 0.15) is 12.0 Å². The lowest BCUT2D eigenvalue weighted by Crippen LogP contribution is -2.39. The number of aromatic amines is 1. The first kappa shape index (κ1) is 17.4. The van der Waals surface area contributed by atoms with Gasteiger partial charge < -0.3 is 15.2 Å². The van der Waals surface area contributed by atoms with Crippen molar-refractivity contribution in [2.45, 2.75) is 18.4 Å². The van der Waals surface area contributed by atoms with Gasteiger partial charge >= 0.3 is 6.03 Å². The Hall–Kier alpha value is -2.39. The summed E-state index contributed by atoms with van der Waals surface area (Å²) in [6.07, 6.45) is 3.21. The van der Waals surface area contributed by atoms with Gasteiger partial charge in [-0.25, -0.2) is 18.2 Å². The van der Waals surface area contributed by atoms with Gasteiger partial charge in [-0.2, -0.15) is 4.31 Å². The highest BCUT2D eigenvalue weighted by atomic mass is 32.2. The second-order valence-electron chi connectivity index (χ2n) is 5.91. The third kappa shape index (κ3) is 3.83. The average molecular weight is 363 g/mol. The zero-order chi connectivity index (χ0) is 17.9. The minimum atomic E-state index is -3.60. The molecule has 9 heteroatoms. The Kier molecular flexibility index (Phi) is 5.05. The fourth-order valence-electron chi connectivity index (χ4n) is 2.77. The van der Waals surface area contributed by atoms with E-state index in [1.807, 2.05) is 31.2 Å². The molecule has 1 fully saturated rings. The molecule has 1 saturated heterocycles. The first-order chi connectivity index (χ1) is 12.0. The van der Waals surface area contributed by atoms with Gasteiger partial charge in [0.1, 0.15) is 0 Å². The quantitative estimate of drug-likeness (QED) is 0.866. The van der Waals surface area contributed by atoms with Crippen molar-refractivity contribution in [1.29, 1.82) is 0 Å². The van der Waals surface area contributed by atoms with Crippen LogP contribution in [-0.4, -0.2) is 59.8 Å². The summed E-state index contributed by atoms with van der Waals surface area (Å²) in [5.74, 6) is 0. The van der Waals surface area contributed by atoms with Gasteiger partial charge in [-0.05, 0) is 25.0 Å². The predicted molar refractivity (Wildman–Crippen MR) is 93.7 cm³/mol. The van der Waals surface area contributed by atoms with Crippen LogP contribution in [0.25, 0.3) is 0 Å². The van der Waals surface area contributed by atoms with E-state index in [1.165, 1.54) is 16.8 Å². The highest BCUT2D eigenvalue weighted by Crippen LogP contribution is 2.17. The topological polar surface area (TPSA) is 98.4 Å². The SMILES string of the molecule is Cc1ccccc1NC(=O)N1CCCN(S(=O)(=O)c2cnc[nH]2)CC1. The van der Waals surface area contributed by atoms with Crippen molar-refractivity contribution >= 4 is 21.7 Å². The number of carbonyl (C=O) groups is 1. The van der Waals surface area contributed by atoms with Crippen LogP contribution in [0.4, 0.5) is 10.5 Å². The number of aromatic nitrogens is 2. The Bertz CT molecular complexity index is 835. The summed E-state index contributed by atoms with van der Waals surface area (Å²) in [6, 6.07) is 7.34. The van der Waals surface area contributed by atoms with Gasteiger partial charge in [-0.3, -0.25) is 0 Å². The maximum absolute atomic E-state index is 12.5. The number of nitrogens with one attached hydrogen (secondary N) is 2. The minimum Gasteiger partial charge on any atom is -0.335 e. The van der Waals surface area contributed by atoms with E-state index in [0.717, 1.165) is 11.3 Å². The third-order valence-electron chi connectivity index (χ3n) is 4.22. The number of nitrogens with zero attached hydrogens (tertiary/aromatic N) is 3. The van der Waals surface area contributed by atoms with Gasteiger partial charge in [0.25, 0.3) is 10.0 Å². The molecule has 1 aromatic heterocycles. The van der Waals surface area contributed by atoms with Gasteiger partial charge in [-0.15, -0.1) is 0 Å². The molecule has 2 aromatic rings. The minimum absolute atomic E-state index is 0.0744. The van der Waals surface area contributed by atoms with E-state index in [4.69, 9.17) is 0 Å². The van der Waals surface area contributed by atoms with Crippen molar-refractivity contribution in [1.82, 2.24) is 19.2 Å². The van der Waals surface area contributed by atoms with E-state index in [2.05, 4.69) is 15.3 Å². The first-order valence-corrected chi connectivity index (χ1v) is 9.52. The van der Waals surface area contributed by atoms with Gasteiger partial charge in [-0.1, -0.05) is 18.2 Å². The Morgan fingerprint density at radius 2 is 2.00 bits per heavy atom. The molecule has 1 aromatic carbocycles. The summed E-state index contributed by atoms with van der Waals surface area (Å²) >= 11 is 0. The normalized spacial score (nSPS) is 16.4. The van der Waals surface area contributed by atoms with E-state index >= 15 is 0 Å². The molecule has 0 saturated carbocycles. The second kappa shape index (κ2) is 7.24. The first-order valence-electron chi connectivity index (χ1n) is 8.08. The summed E-state index contributed by atoms with van der Waals surface area (Å²) in [7, 11) is -3.60. The summed E-state index contributed by atoms with van der Waals surface area (Å²) in [6.45, 7) is 3.40. The summed E-state index contributed by atoms with van der Waals surface area (Å²) in [5, 5.41) is 2.97. The number of para-hydroxylation sites is 1. The van der Waals surface area contributed by atoms with Crippen molar-refractivity contribution in [2.75, 3.05) is 31.5 Å². The molecule has 25 heavy (non-hydrogen) atoms. The van der Waals surface area contributed by atoms with Crippen molar-refractivity contribution in [3.8, 4) is 0 Å².